The number of phosphoric ester groups is 2. The fourth-order valence-electron chi connectivity index (χ4n) is 11.8. The van der Waals surface area contributed by atoms with Gasteiger partial charge in [-0.05, 0) is 31.6 Å². The first-order valence-electron chi connectivity index (χ1n) is 40.2. The molecule has 0 saturated heterocycles. The zero-order valence-electron chi connectivity index (χ0n) is 62.5. The van der Waals surface area contributed by atoms with E-state index < -0.39 is 97.5 Å². The molecular weight excluding hydrogens is 1260 g/mol. The summed E-state index contributed by atoms with van der Waals surface area (Å²) in [6.07, 6.45) is 59.4. The predicted octanol–water partition coefficient (Wildman–Crippen LogP) is 22.9. The largest absolute Gasteiger partial charge is 0.472 e. The lowest BCUT2D eigenvalue weighted by Crippen LogP contribution is -2.30. The van der Waals surface area contributed by atoms with Gasteiger partial charge in [0.2, 0.25) is 0 Å². The second-order valence-corrected chi connectivity index (χ2v) is 30.9. The van der Waals surface area contributed by atoms with Crippen LogP contribution in [0.5, 0.6) is 0 Å². The first-order valence-corrected chi connectivity index (χ1v) is 43.2. The standard InChI is InChI=1S/C77H150O17P2/c1-6-10-13-16-19-22-25-27-28-29-33-37-41-46-51-56-61-75(80)88-67-73(94-77(82)63-58-53-48-43-38-34-31-30-32-35-39-44-49-54-59-70(5)9-4)69-92-96(85,86)90-65-71(78)64-89-95(83,84)91-68-72(66-87-74(79)60-55-50-45-40-24-21-18-15-12-8-3)93-76(81)62-57-52-47-42-36-26-23-20-17-14-11-7-2/h70-73,78H,6-69H2,1-5H3,(H,83,84)(H,85,86)/t70?,71-,72+,73+/m0/s1. The molecule has 0 aliphatic carbocycles. The van der Waals surface area contributed by atoms with Gasteiger partial charge in [0.15, 0.2) is 12.2 Å². The van der Waals surface area contributed by atoms with Gasteiger partial charge in [-0.15, -0.1) is 0 Å². The number of hydrogen-bond acceptors (Lipinski definition) is 15. The monoisotopic (exact) mass is 1410 g/mol. The highest BCUT2D eigenvalue weighted by Gasteiger charge is 2.30. The third-order valence-electron chi connectivity index (χ3n) is 18.4. The Balaban J connectivity index is 5.24. The highest BCUT2D eigenvalue weighted by Crippen LogP contribution is 2.45. The van der Waals surface area contributed by atoms with Crippen LogP contribution in [0, 0.1) is 5.92 Å². The van der Waals surface area contributed by atoms with Crippen molar-refractivity contribution in [3.63, 3.8) is 0 Å². The molecule has 0 amide bonds. The lowest BCUT2D eigenvalue weighted by atomic mass is 9.99. The van der Waals surface area contributed by atoms with Gasteiger partial charge in [-0.25, -0.2) is 9.13 Å². The van der Waals surface area contributed by atoms with Gasteiger partial charge < -0.3 is 33.8 Å². The maximum absolute atomic E-state index is 13.1. The van der Waals surface area contributed by atoms with E-state index >= 15 is 0 Å². The number of carbonyl (C=O) groups is 4. The predicted molar refractivity (Wildman–Crippen MR) is 391 cm³/mol. The Morgan fingerprint density at radius 3 is 0.740 bits per heavy atom. The summed E-state index contributed by atoms with van der Waals surface area (Å²) in [6, 6.07) is 0. The number of aliphatic hydroxyl groups is 1. The summed E-state index contributed by atoms with van der Waals surface area (Å²) >= 11 is 0. The molecule has 6 atom stereocenters. The van der Waals surface area contributed by atoms with Crippen molar-refractivity contribution in [2.75, 3.05) is 39.6 Å². The lowest BCUT2D eigenvalue weighted by molar-refractivity contribution is -0.161. The molecule has 0 spiro atoms. The number of unbranched alkanes of at least 4 members (excludes halogenated alkanes) is 48. The molecule has 0 heterocycles. The number of carbonyl (C=O) groups excluding carboxylic acids is 4. The molecule has 3 N–H and O–H groups in total. The molecule has 0 radical (unpaired) electrons. The summed E-state index contributed by atoms with van der Waals surface area (Å²) in [4.78, 5) is 72.8. The molecule has 570 valence electrons. The highest BCUT2D eigenvalue weighted by molar-refractivity contribution is 7.47. The number of rotatable bonds is 77. The van der Waals surface area contributed by atoms with Crippen LogP contribution in [0.2, 0.25) is 0 Å². The molecule has 0 aromatic rings. The Morgan fingerprint density at radius 1 is 0.292 bits per heavy atom. The van der Waals surface area contributed by atoms with Crippen molar-refractivity contribution in [1.29, 1.82) is 0 Å². The zero-order chi connectivity index (χ0) is 70.5. The van der Waals surface area contributed by atoms with Crippen molar-refractivity contribution in [2.45, 2.75) is 425 Å². The van der Waals surface area contributed by atoms with E-state index in [4.69, 9.17) is 37.0 Å². The lowest BCUT2D eigenvalue weighted by Gasteiger charge is -2.21. The molecule has 0 aromatic carbocycles. The summed E-state index contributed by atoms with van der Waals surface area (Å²) in [6.45, 7) is 7.35. The average Bonchev–Trinajstić information content (AvgIpc) is 1.19. The number of phosphoric acid groups is 2. The topological polar surface area (TPSA) is 237 Å². The molecule has 0 aliphatic heterocycles. The quantitative estimate of drug-likeness (QED) is 0.0222. The van der Waals surface area contributed by atoms with Gasteiger partial charge in [-0.2, -0.15) is 0 Å². The van der Waals surface area contributed by atoms with Gasteiger partial charge in [0.1, 0.15) is 19.3 Å². The van der Waals surface area contributed by atoms with Crippen LogP contribution >= 0.6 is 15.6 Å². The third-order valence-corrected chi connectivity index (χ3v) is 20.3. The minimum atomic E-state index is -4.96. The van der Waals surface area contributed by atoms with Crippen LogP contribution in [-0.2, 0) is 65.4 Å². The Bertz CT molecular complexity index is 1840. The molecular formula is C77H150O17P2. The van der Waals surface area contributed by atoms with Crippen molar-refractivity contribution in [2.24, 2.45) is 5.92 Å². The molecule has 0 aromatic heterocycles. The summed E-state index contributed by atoms with van der Waals surface area (Å²) in [5, 5.41) is 10.6. The fraction of sp³-hybridized carbons (Fsp3) is 0.948. The van der Waals surface area contributed by atoms with Crippen LogP contribution < -0.4 is 0 Å². The maximum atomic E-state index is 13.1. The third kappa shape index (κ3) is 69.2. The zero-order valence-corrected chi connectivity index (χ0v) is 64.3. The van der Waals surface area contributed by atoms with Gasteiger partial charge in [-0.3, -0.25) is 37.3 Å². The smallest absolute Gasteiger partial charge is 0.462 e. The molecule has 17 nitrogen and oxygen atoms in total. The summed E-state index contributed by atoms with van der Waals surface area (Å²) in [7, 11) is -9.91. The second kappa shape index (κ2) is 70.1. The minimum Gasteiger partial charge on any atom is -0.462 e. The van der Waals surface area contributed by atoms with Crippen molar-refractivity contribution >= 4 is 39.5 Å². The van der Waals surface area contributed by atoms with Crippen LogP contribution in [0.15, 0.2) is 0 Å². The molecule has 0 aliphatic rings. The van der Waals surface area contributed by atoms with E-state index in [1.54, 1.807) is 0 Å². The summed E-state index contributed by atoms with van der Waals surface area (Å²) < 4.78 is 68.6. The Kier molecular flexibility index (Phi) is 68.7. The SMILES string of the molecule is CCCCCCCCCCCCCCCCCCC(=O)OC[C@H](COP(=O)(O)OC[C@@H](O)COP(=O)(O)OC[C@@H](COC(=O)CCCCCCCCCCCC)OC(=O)CCCCCCCCCCCCCC)OC(=O)CCCCCCCCCCCCCCCCC(C)CC. The average molecular weight is 1410 g/mol. The Hall–Kier alpha value is -1.94. The van der Waals surface area contributed by atoms with Crippen molar-refractivity contribution < 1.29 is 80.2 Å². The summed E-state index contributed by atoms with van der Waals surface area (Å²) in [5.74, 6) is -1.26. The first-order chi connectivity index (χ1) is 46.6. The van der Waals surface area contributed by atoms with E-state index in [1.165, 1.54) is 231 Å². The second-order valence-electron chi connectivity index (χ2n) is 28.0. The molecule has 0 bridgehead atoms. The molecule has 3 unspecified atom stereocenters. The van der Waals surface area contributed by atoms with E-state index in [2.05, 4.69) is 34.6 Å². The number of aliphatic hydroxyl groups excluding tert-OH is 1. The van der Waals surface area contributed by atoms with Crippen molar-refractivity contribution in [3.05, 3.63) is 0 Å². The molecule has 0 fully saturated rings. The van der Waals surface area contributed by atoms with E-state index in [9.17, 15) is 43.2 Å². The van der Waals surface area contributed by atoms with Crippen LogP contribution in [0.1, 0.15) is 407 Å². The first kappa shape index (κ1) is 94.1. The van der Waals surface area contributed by atoms with Crippen molar-refractivity contribution in [1.82, 2.24) is 0 Å². The maximum Gasteiger partial charge on any atom is 0.472 e. The van der Waals surface area contributed by atoms with E-state index in [0.29, 0.717) is 25.7 Å². The van der Waals surface area contributed by atoms with Crippen molar-refractivity contribution in [3.8, 4) is 0 Å². The normalized spacial score (nSPS) is 14.2. The number of esters is 4. The van der Waals surface area contributed by atoms with Gasteiger partial charge in [0.25, 0.3) is 0 Å². The molecule has 96 heavy (non-hydrogen) atoms. The minimum absolute atomic E-state index is 0.108. The van der Waals surface area contributed by atoms with Gasteiger partial charge in [-0.1, -0.05) is 356 Å². The van der Waals surface area contributed by atoms with Gasteiger partial charge in [0, 0.05) is 25.7 Å². The van der Waals surface area contributed by atoms with Crippen LogP contribution in [0.25, 0.3) is 0 Å². The Morgan fingerprint density at radius 2 is 0.500 bits per heavy atom. The fourth-order valence-corrected chi connectivity index (χ4v) is 13.4. The number of hydrogen-bond donors (Lipinski definition) is 3. The van der Waals surface area contributed by atoms with Gasteiger partial charge >= 0.3 is 39.5 Å². The highest BCUT2D eigenvalue weighted by atomic mass is 31.2. The molecule has 19 heteroatoms. The number of ether oxygens (including phenoxy) is 4. The molecule has 0 rings (SSSR count). The van der Waals surface area contributed by atoms with E-state index in [-0.39, 0.29) is 25.7 Å². The Labute approximate surface area is 588 Å². The van der Waals surface area contributed by atoms with Crippen LogP contribution in [-0.4, -0.2) is 96.7 Å². The van der Waals surface area contributed by atoms with E-state index in [1.807, 2.05) is 0 Å². The van der Waals surface area contributed by atoms with E-state index in [0.717, 1.165) is 95.8 Å². The summed E-state index contributed by atoms with van der Waals surface area (Å²) in [5.41, 5.74) is 0. The van der Waals surface area contributed by atoms with Gasteiger partial charge in [0.05, 0.1) is 26.4 Å². The van der Waals surface area contributed by atoms with Crippen LogP contribution in [0.3, 0.4) is 0 Å². The van der Waals surface area contributed by atoms with Crippen LogP contribution in [0.4, 0.5) is 0 Å². The molecule has 0 saturated carbocycles.